The lowest BCUT2D eigenvalue weighted by Crippen LogP contribution is -2.46. The second-order valence-corrected chi connectivity index (χ2v) is 7.22. The highest BCUT2D eigenvalue weighted by Gasteiger charge is 2.33. The van der Waals surface area contributed by atoms with Gasteiger partial charge in [0, 0.05) is 6.04 Å². The minimum absolute atomic E-state index is 0.245. The van der Waals surface area contributed by atoms with Gasteiger partial charge in [-0.2, -0.15) is 4.68 Å². The van der Waals surface area contributed by atoms with E-state index in [1.165, 1.54) is 0 Å². The zero-order valence-electron chi connectivity index (χ0n) is 16.4. The molecule has 1 aliphatic carbocycles. The first-order valence-corrected chi connectivity index (χ1v) is 9.65. The molecule has 1 aromatic heterocycles. The fourth-order valence-electron chi connectivity index (χ4n) is 3.75. The Morgan fingerprint density at radius 3 is 2.25 bits per heavy atom. The summed E-state index contributed by atoms with van der Waals surface area (Å²) in [5.41, 5.74) is -2.61. The zero-order valence-corrected chi connectivity index (χ0v) is 16.4. The Labute approximate surface area is 178 Å². The molecule has 4 rings (SSSR count). The molecule has 1 aliphatic rings. The number of aromatic nitrogens is 4. The van der Waals surface area contributed by atoms with Gasteiger partial charge in [0.2, 0.25) is 0 Å². The van der Waals surface area contributed by atoms with Crippen LogP contribution in [0.5, 0.6) is 0 Å². The standard InChI is InChI=1S/C20H16F3N5O4/c21-13-6-3-7-14(22)17(13)27-20(32)28(25-24-27)19(31)26(12-4-1-2-5-12)16-9-8-11(18(29)30)10-15(16)23/h3,6-10,12H,1-2,4-5H2,(H,29,30). The van der Waals surface area contributed by atoms with Gasteiger partial charge in [-0.3, -0.25) is 4.90 Å². The summed E-state index contributed by atoms with van der Waals surface area (Å²) in [5, 5.41) is 15.9. The lowest BCUT2D eigenvalue weighted by molar-refractivity contribution is 0.0696. The third-order valence-corrected chi connectivity index (χ3v) is 5.26. The first-order valence-electron chi connectivity index (χ1n) is 9.65. The Balaban J connectivity index is 1.79. The van der Waals surface area contributed by atoms with Crippen molar-refractivity contribution in [1.29, 1.82) is 0 Å². The number of carbonyl (C=O) groups excluding carboxylic acids is 1. The Hall–Kier alpha value is -3.96. The molecule has 0 atom stereocenters. The van der Waals surface area contributed by atoms with Crippen molar-refractivity contribution in [1.82, 2.24) is 19.8 Å². The van der Waals surface area contributed by atoms with E-state index in [-0.39, 0.29) is 15.9 Å². The van der Waals surface area contributed by atoms with Gasteiger partial charge in [0.05, 0.1) is 11.3 Å². The van der Waals surface area contributed by atoms with Crippen molar-refractivity contribution in [3.8, 4) is 5.69 Å². The molecule has 1 fully saturated rings. The normalized spacial score (nSPS) is 14.0. The topological polar surface area (TPSA) is 110 Å². The summed E-state index contributed by atoms with van der Waals surface area (Å²) in [6.45, 7) is 0. The molecular formula is C20H16F3N5O4. The number of anilines is 1. The van der Waals surface area contributed by atoms with E-state index in [1.54, 1.807) is 0 Å². The largest absolute Gasteiger partial charge is 0.478 e. The van der Waals surface area contributed by atoms with Crippen LogP contribution in [0.25, 0.3) is 5.69 Å². The molecule has 1 amide bonds. The quantitative estimate of drug-likeness (QED) is 0.616. The van der Waals surface area contributed by atoms with Crippen LogP contribution >= 0.6 is 0 Å². The minimum atomic E-state index is -1.35. The first kappa shape index (κ1) is 21.3. The smallest absolute Gasteiger partial charge is 0.377 e. The Morgan fingerprint density at radius 1 is 1.00 bits per heavy atom. The summed E-state index contributed by atoms with van der Waals surface area (Å²) in [4.78, 5) is 38.1. The maximum Gasteiger partial charge on any atom is 0.377 e. The molecule has 1 saturated carbocycles. The highest BCUT2D eigenvalue weighted by molar-refractivity contribution is 5.95. The van der Waals surface area contributed by atoms with Crippen LogP contribution in [0.2, 0.25) is 0 Å². The number of carboxylic acids is 1. The highest BCUT2D eigenvalue weighted by Crippen LogP contribution is 2.31. The van der Waals surface area contributed by atoms with E-state index in [0.717, 1.165) is 54.1 Å². The van der Waals surface area contributed by atoms with E-state index in [2.05, 4.69) is 10.4 Å². The molecular weight excluding hydrogens is 431 g/mol. The monoisotopic (exact) mass is 447 g/mol. The van der Waals surface area contributed by atoms with Gasteiger partial charge < -0.3 is 5.11 Å². The van der Waals surface area contributed by atoms with Crippen molar-refractivity contribution in [3.05, 3.63) is 69.9 Å². The van der Waals surface area contributed by atoms with Gasteiger partial charge in [-0.1, -0.05) is 18.9 Å². The maximum absolute atomic E-state index is 14.8. The first-order chi connectivity index (χ1) is 15.3. The second-order valence-electron chi connectivity index (χ2n) is 7.22. The van der Waals surface area contributed by atoms with Crippen LogP contribution in [-0.4, -0.2) is 42.9 Å². The summed E-state index contributed by atoms with van der Waals surface area (Å²) < 4.78 is 43.5. The number of halogens is 3. The van der Waals surface area contributed by atoms with Crippen LogP contribution in [0.1, 0.15) is 36.0 Å². The second kappa shape index (κ2) is 8.29. The highest BCUT2D eigenvalue weighted by atomic mass is 19.1. The molecule has 32 heavy (non-hydrogen) atoms. The van der Waals surface area contributed by atoms with Crippen LogP contribution in [-0.2, 0) is 0 Å². The van der Waals surface area contributed by atoms with Crippen LogP contribution in [0.3, 0.4) is 0 Å². The van der Waals surface area contributed by atoms with Gasteiger partial charge in [-0.05, 0) is 53.6 Å². The summed E-state index contributed by atoms with van der Waals surface area (Å²) in [6.07, 6.45) is 2.53. The molecule has 0 aliphatic heterocycles. The lowest BCUT2D eigenvalue weighted by Gasteiger charge is -2.28. The molecule has 0 spiro atoms. The predicted molar refractivity (Wildman–Crippen MR) is 104 cm³/mol. The van der Waals surface area contributed by atoms with Crippen LogP contribution < -0.4 is 10.6 Å². The van der Waals surface area contributed by atoms with Gasteiger partial charge in [-0.15, -0.1) is 4.68 Å². The molecule has 0 bridgehead atoms. The number of carbonyl (C=O) groups is 2. The van der Waals surface area contributed by atoms with Crippen molar-refractivity contribution < 1.29 is 27.9 Å². The molecule has 12 heteroatoms. The Bertz CT molecular complexity index is 1250. The van der Waals surface area contributed by atoms with E-state index < -0.39 is 46.9 Å². The number of benzene rings is 2. The lowest BCUT2D eigenvalue weighted by atomic mass is 10.1. The number of amides is 1. The fraction of sp³-hybridized carbons (Fsp3) is 0.250. The number of para-hydroxylation sites is 1. The third kappa shape index (κ3) is 3.63. The third-order valence-electron chi connectivity index (χ3n) is 5.26. The molecule has 0 saturated heterocycles. The van der Waals surface area contributed by atoms with Crippen LogP contribution in [0.15, 0.2) is 41.2 Å². The Kier molecular flexibility index (Phi) is 5.51. The SMILES string of the molecule is O=C(O)c1ccc(N(C(=O)n2nnn(-c3c(F)cccc3F)c2=O)C2CCCC2)c(F)c1. The van der Waals surface area contributed by atoms with Gasteiger partial charge in [-0.25, -0.2) is 27.6 Å². The minimum Gasteiger partial charge on any atom is -0.478 e. The van der Waals surface area contributed by atoms with E-state index in [0.29, 0.717) is 17.5 Å². The molecule has 1 N–H and O–H groups in total. The molecule has 3 aromatic rings. The van der Waals surface area contributed by atoms with Crippen molar-refractivity contribution in [3.63, 3.8) is 0 Å². The van der Waals surface area contributed by atoms with Gasteiger partial charge >= 0.3 is 17.7 Å². The number of rotatable bonds is 4. The van der Waals surface area contributed by atoms with Crippen molar-refractivity contribution in [2.24, 2.45) is 0 Å². The Morgan fingerprint density at radius 2 is 1.66 bits per heavy atom. The average molecular weight is 447 g/mol. The predicted octanol–water partition coefficient (Wildman–Crippen LogP) is 2.96. The number of hydrogen-bond donors (Lipinski definition) is 1. The van der Waals surface area contributed by atoms with Crippen molar-refractivity contribution in [2.45, 2.75) is 31.7 Å². The van der Waals surface area contributed by atoms with E-state index >= 15 is 0 Å². The van der Waals surface area contributed by atoms with Crippen molar-refractivity contribution in [2.75, 3.05) is 4.90 Å². The maximum atomic E-state index is 14.8. The van der Waals surface area contributed by atoms with Crippen molar-refractivity contribution >= 4 is 17.7 Å². The number of nitrogens with zero attached hydrogens (tertiary/aromatic N) is 5. The molecule has 2 aromatic carbocycles. The van der Waals surface area contributed by atoms with Gasteiger partial charge in [0.25, 0.3) is 0 Å². The summed E-state index contributed by atoms with van der Waals surface area (Å²) >= 11 is 0. The molecule has 0 unspecified atom stereocenters. The van der Waals surface area contributed by atoms with E-state index in [1.807, 2.05) is 0 Å². The van der Waals surface area contributed by atoms with E-state index in [4.69, 9.17) is 5.11 Å². The molecule has 1 heterocycles. The number of aromatic carboxylic acids is 1. The number of carboxylic acid groups (broad SMARTS) is 1. The molecule has 0 radical (unpaired) electrons. The number of hydrogen-bond acceptors (Lipinski definition) is 5. The molecule has 166 valence electrons. The summed E-state index contributed by atoms with van der Waals surface area (Å²) in [5.74, 6) is -4.50. The van der Waals surface area contributed by atoms with Gasteiger partial charge in [0.15, 0.2) is 11.6 Å². The zero-order chi connectivity index (χ0) is 23.0. The van der Waals surface area contributed by atoms with Gasteiger partial charge in [0.1, 0.15) is 11.5 Å². The van der Waals surface area contributed by atoms with Crippen LogP contribution in [0.4, 0.5) is 23.7 Å². The summed E-state index contributed by atoms with van der Waals surface area (Å²) in [7, 11) is 0. The number of tetrazole rings is 1. The van der Waals surface area contributed by atoms with Crippen LogP contribution in [0, 0.1) is 17.5 Å². The average Bonchev–Trinajstić information content (AvgIpc) is 3.40. The fourth-order valence-corrected chi connectivity index (χ4v) is 3.75. The summed E-state index contributed by atoms with van der Waals surface area (Å²) in [6, 6.07) is 4.38. The molecule has 9 nitrogen and oxygen atoms in total. The van der Waals surface area contributed by atoms with E-state index in [9.17, 15) is 27.6 Å².